The van der Waals surface area contributed by atoms with Crippen LogP contribution < -0.4 is 5.32 Å². The minimum atomic E-state index is -0.825. The minimum absolute atomic E-state index is 0.0781. The standard InChI is InChI=1S/C15H21N3O3/c1-2-13(11-5-7-16-8-6-11)17-15(21)18-9-3-4-12(10-18)14(19)20/h5-8,12-13H,2-4,9-10H2,1H3,(H,17,21)(H,19,20). The Kier molecular flexibility index (Phi) is 5.14. The maximum absolute atomic E-state index is 12.3. The van der Waals surface area contributed by atoms with Crippen LogP contribution in [0.15, 0.2) is 24.5 Å². The molecule has 2 N–H and O–H groups in total. The average Bonchev–Trinajstić information content (AvgIpc) is 2.53. The van der Waals surface area contributed by atoms with E-state index in [0.29, 0.717) is 13.0 Å². The second-order valence-electron chi connectivity index (χ2n) is 5.31. The van der Waals surface area contributed by atoms with Gasteiger partial charge in [0.2, 0.25) is 0 Å². The molecule has 2 heterocycles. The van der Waals surface area contributed by atoms with E-state index in [2.05, 4.69) is 10.3 Å². The highest BCUT2D eigenvalue weighted by Crippen LogP contribution is 2.19. The van der Waals surface area contributed by atoms with Crippen molar-refractivity contribution in [2.45, 2.75) is 32.2 Å². The van der Waals surface area contributed by atoms with Crippen LogP contribution in [0, 0.1) is 5.92 Å². The van der Waals surface area contributed by atoms with Gasteiger partial charge in [0.1, 0.15) is 0 Å². The number of rotatable bonds is 4. The Morgan fingerprint density at radius 2 is 2.19 bits per heavy atom. The van der Waals surface area contributed by atoms with Crippen LogP contribution in [0.1, 0.15) is 37.8 Å². The molecule has 0 bridgehead atoms. The van der Waals surface area contributed by atoms with Gasteiger partial charge in [0.25, 0.3) is 0 Å². The lowest BCUT2D eigenvalue weighted by atomic mass is 9.98. The van der Waals surface area contributed by atoms with Crippen molar-refractivity contribution in [3.05, 3.63) is 30.1 Å². The number of carboxylic acids is 1. The van der Waals surface area contributed by atoms with Crippen molar-refractivity contribution in [2.24, 2.45) is 5.92 Å². The number of carbonyl (C=O) groups excluding carboxylic acids is 1. The van der Waals surface area contributed by atoms with E-state index in [1.807, 2.05) is 19.1 Å². The summed E-state index contributed by atoms with van der Waals surface area (Å²) in [4.78, 5) is 28.9. The summed E-state index contributed by atoms with van der Waals surface area (Å²) in [6, 6.07) is 3.49. The van der Waals surface area contributed by atoms with E-state index in [-0.39, 0.29) is 18.6 Å². The molecule has 6 nitrogen and oxygen atoms in total. The van der Waals surface area contributed by atoms with Crippen LogP contribution in [0.25, 0.3) is 0 Å². The predicted octanol–water partition coefficient (Wildman–Crippen LogP) is 2.04. The maximum Gasteiger partial charge on any atom is 0.317 e. The van der Waals surface area contributed by atoms with E-state index in [1.54, 1.807) is 17.3 Å². The van der Waals surface area contributed by atoms with Crippen LogP contribution in [-0.4, -0.2) is 40.1 Å². The highest BCUT2D eigenvalue weighted by molar-refractivity contribution is 5.77. The molecule has 2 atom stereocenters. The summed E-state index contributed by atoms with van der Waals surface area (Å²) in [5, 5.41) is 12.1. The number of urea groups is 1. The lowest BCUT2D eigenvalue weighted by Crippen LogP contribution is -2.47. The molecule has 21 heavy (non-hydrogen) atoms. The first kappa shape index (κ1) is 15.3. The van der Waals surface area contributed by atoms with Crippen LogP contribution >= 0.6 is 0 Å². The molecule has 1 aromatic heterocycles. The topological polar surface area (TPSA) is 82.5 Å². The molecule has 1 aliphatic rings. The van der Waals surface area contributed by atoms with E-state index in [1.165, 1.54) is 0 Å². The smallest absolute Gasteiger partial charge is 0.317 e. The minimum Gasteiger partial charge on any atom is -0.481 e. The first-order valence-electron chi connectivity index (χ1n) is 7.30. The van der Waals surface area contributed by atoms with Gasteiger partial charge in [0, 0.05) is 25.5 Å². The molecular weight excluding hydrogens is 270 g/mol. The van der Waals surface area contributed by atoms with E-state index in [0.717, 1.165) is 18.4 Å². The van der Waals surface area contributed by atoms with Crippen LogP contribution in [0.4, 0.5) is 4.79 Å². The number of likely N-dealkylation sites (tertiary alicyclic amines) is 1. The van der Waals surface area contributed by atoms with Crippen molar-refractivity contribution in [1.29, 1.82) is 0 Å². The number of carbonyl (C=O) groups is 2. The van der Waals surface area contributed by atoms with Gasteiger partial charge in [0.05, 0.1) is 12.0 Å². The molecule has 0 spiro atoms. The summed E-state index contributed by atoms with van der Waals surface area (Å²) in [5.74, 6) is -1.28. The largest absolute Gasteiger partial charge is 0.481 e. The zero-order valence-corrected chi connectivity index (χ0v) is 12.2. The normalized spacial score (nSPS) is 19.9. The Labute approximate surface area is 124 Å². The maximum atomic E-state index is 12.3. The van der Waals surface area contributed by atoms with Gasteiger partial charge in [-0.3, -0.25) is 9.78 Å². The third-order valence-electron chi connectivity index (χ3n) is 3.87. The number of piperidine rings is 1. The first-order valence-corrected chi connectivity index (χ1v) is 7.30. The number of hydrogen-bond acceptors (Lipinski definition) is 3. The van der Waals surface area contributed by atoms with E-state index in [4.69, 9.17) is 5.11 Å². The lowest BCUT2D eigenvalue weighted by molar-refractivity contribution is -0.143. The quantitative estimate of drug-likeness (QED) is 0.889. The highest BCUT2D eigenvalue weighted by Gasteiger charge is 2.28. The van der Waals surface area contributed by atoms with Gasteiger partial charge in [-0.25, -0.2) is 4.79 Å². The Morgan fingerprint density at radius 3 is 2.81 bits per heavy atom. The van der Waals surface area contributed by atoms with Crippen LogP contribution in [0.5, 0.6) is 0 Å². The van der Waals surface area contributed by atoms with E-state index < -0.39 is 11.9 Å². The highest BCUT2D eigenvalue weighted by atomic mass is 16.4. The Hall–Kier alpha value is -2.11. The number of nitrogens with zero attached hydrogens (tertiary/aromatic N) is 2. The zero-order chi connectivity index (χ0) is 15.2. The third-order valence-corrected chi connectivity index (χ3v) is 3.87. The average molecular weight is 291 g/mol. The molecule has 6 heteroatoms. The predicted molar refractivity (Wildman–Crippen MR) is 77.7 cm³/mol. The molecular formula is C15H21N3O3. The Bertz CT molecular complexity index is 492. The third kappa shape index (κ3) is 3.93. The summed E-state index contributed by atoms with van der Waals surface area (Å²) in [7, 11) is 0. The number of aliphatic carboxylic acids is 1. The number of amides is 2. The Morgan fingerprint density at radius 1 is 1.48 bits per heavy atom. The fourth-order valence-electron chi connectivity index (χ4n) is 2.62. The molecule has 0 aliphatic carbocycles. The molecule has 0 aromatic carbocycles. The number of nitrogens with one attached hydrogen (secondary N) is 1. The second kappa shape index (κ2) is 7.06. The SMILES string of the molecule is CCC(NC(=O)N1CCCC(C(=O)O)C1)c1ccncc1. The number of carboxylic acid groups (broad SMARTS) is 1. The molecule has 1 aliphatic heterocycles. The summed E-state index contributed by atoms with van der Waals surface area (Å²) >= 11 is 0. The summed E-state index contributed by atoms with van der Waals surface area (Å²) in [5.41, 5.74) is 1.01. The summed E-state index contributed by atoms with van der Waals surface area (Å²) in [6.07, 6.45) is 5.54. The van der Waals surface area contributed by atoms with Crippen molar-refractivity contribution in [3.63, 3.8) is 0 Å². The van der Waals surface area contributed by atoms with Gasteiger partial charge >= 0.3 is 12.0 Å². The molecule has 1 aromatic rings. The van der Waals surface area contributed by atoms with Crippen molar-refractivity contribution in [3.8, 4) is 0 Å². The van der Waals surface area contributed by atoms with Crippen LogP contribution in [0.2, 0.25) is 0 Å². The van der Waals surface area contributed by atoms with Crippen molar-refractivity contribution in [2.75, 3.05) is 13.1 Å². The van der Waals surface area contributed by atoms with Crippen molar-refractivity contribution in [1.82, 2.24) is 15.2 Å². The van der Waals surface area contributed by atoms with Gasteiger partial charge in [-0.05, 0) is 37.0 Å². The van der Waals surface area contributed by atoms with E-state index in [9.17, 15) is 9.59 Å². The van der Waals surface area contributed by atoms with Gasteiger partial charge in [-0.15, -0.1) is 0 Å². The van der Waals surface area contributed by atoms with Gasteiger partial charge in [-0.1, -0.05) is 6.92 Å². The number of pyridine rings is 1. The van der Waals surface area contributed by atoms with Gasteiger partial charge < -0.3 is 15.3 Å². The molecule has 2 amide bonds. The molecule has 1 fully saturated rings. The molecule has 2 rings (SSSR count). The number of aromatic nitrogens is 1. The molecule has 2 unspecified atom stereocenters. The van der Waals surface area contributed by atoms with Crippen LogP contribution in [-0.2, 0) is 4.79 Å². The summed E-state index contributed by atoms with van der Waals surface area (Å²) < 4.78 is 0. The van der Waals surface area contributed by atoms with Crippen molar-refractivity contribution >= 4 is 12.0 Å². The van der Waals surface area contributed by atoms with Gasteiger partial charge in [0.15, 0.2) is 0 Å². The van der Waals surface area contributed by atoms with Gasteiger partial charge in [-0.2, -0.15) is 0 Å². The van der Waals surface area contributed by atoms with Crippen LogP contribution in [0.3, 0.4) is 0 Å². The zero-order valence-electron chi connectivity index (χ0n) is 12.2. The summed E-state index contributed by atoms with van der Waals surface area (Å²) in [6.45, 7) is 2.90. The second-order valence-corrected chi connectivity index (χ2v) is 5.31. The molecule has 0 radical (unpaired) electrons. The monoisotopic (exact) mass is 291 g/mol. The molecule has 0 saturated carbocycles. The first-order chi connectivity index (χ1) is 10.1. The molecule has 1 saturated heterocycles. The lowest BCUT2D eigenvalue weighted by Gasteiger charge is -2.32. The fourth-order valence-corrected chi connectivity index (χ4v) is 2.62. The Balaban J connectivity index is 1.98. The van der Waals surface area contributed by atoms with Crippen molar-refractivity contribution < 1.29 is 14.7 Å². The van der Waals surface area contributed by atoms with E-state index >= 15 is 0 Å². The fraction of sp³-hybridized carbons (Fsp3) is 0.533. The molecule has 114 valence electrons. The number of hydrogen-bond donors (Lipinski definition) is 2.